The topological polar surface area (TPSA) is 71.5 Å². The number of phenols is 1. The van der Waals surface area contributed by atoms with Gasteiger partial charge < -0.3 is 19.6 Å². The average Bonchev–Trinajstić information content (AvgIpc) is 3.03. The van der Waals surface area contributed by atoms with E-state index in [4.69, 9.17) is 9.47 Å². The first-order chi connectivity index (χ1) is 10.7. The molecule has 0 amide bonds. The number of carbonyl (C=O) groups excluding carboxylic acids is 1. The predicted molar refractivity (Wildman–Crippen MR) is 81.9 cm³/mol. The standard InChI is InChI=1S/C17H13NO4/c1-21-11-5-6-12(22-2)15-14(11)16-13(17(15)20)9-7-8(19)3-4-10(9)18-16/h3-7,18-19H,1-2H3. The monoisotopic (exact) mass is 295 g/mol. The molecule has 110 valence electrons. The van der Waals surface area contributed by atoms with E-state index in [0.717, 1.165) is 5.52 Å². The third-order valence-corrected chi connectivity index (χ3v) is 4.05. The van der Waals surface area contributed by atoms with Crippen molar-refractivity contribution in [3.63, 3.8) is 0 Å². The van der Waals surface area contributed by atoms with Crippen LogP contribution in [0, 0.1) is 0 Å². The van der Waals surface area contributed by atoms with Gasteiger partial charge in [-0.25, -0.2) is 0 Å². The predicted octanol–water partition coefficient (Wildman–Crippen LogP) is 3.10. The van der Waals surface area contributed by atoms with Crippen LogP contribution >= 0.6 is 0 Å². The zero-order valence-corrected chi connectivity index (χ0v) is 12.1. The van der Waals surface area contributed by atoms with Crippen LogP contribution in [0.2, 0.25) is 0 Å². The number of aromatic nitrogens is 1. The minimum atomic E-state index is -0.127. The molecule has 22 heavy (non-hydrogen) atoms. The number of aromatic amines is 1. The summed E-state index contributed by atoms with van der Waals surface area (Å²) in [5, 5.41) is 10.4. The Bertz CT molecular complexity index is 939. The van der Waals surface area contributed by atoms with Crippen molar-refractivity contribution < 1.29 is 19.4 Å². The highest BCUT2D eigenvalue weighted by molar-refractivity contribution is 6.29. The number of benzene rings is 2. The SMILES string of the molecule is COc1ccc(OC)c2c1C(=O)c1c-2[nH]c2ccc(O)cc12. The minimum Gasteiger partial charge on any atom is -0.508 e. The normalized spacial score (nSPS) is 12.4. The fourth-order valence-electron chi connectivity index (χ4n) is 3.11. The number of nitrogens with one attached hydrogen (secondary N) is 1. The highest BCUT2D eigenvalue weighted by atomic mass is 16.5. The lowest BCUT2D eigenvalue weighted by molar-refractivity contribution is 0.104. The zero-order chi connectivity index (χ0) is 15.4. The van der Waals surface area contributed by atoms with Crippen molar-refractivity contribution in [1.82, 2.24) is 4.98 Å². The van der Waals surface area contributed by atoms with Crippen molar-refractivity contribution >= 4 is 16.7 Å². The van der Waals surface area contributed by atoms with Gasteiger partial charge in [-0.2, -0.15) is 0 Å². The fraction of sp³-hybridized carbons (Fsp3) is 0.118. The first-order valence-corrected chi connectivity index (χ1v) is 6.80. The van der Waals surface area contributed by atoms with Crippen LogP contribution < -0.4 is 9.47 Å². The Morgan fingerprint density at radius 1 is 0.955 bits per heavy atom. The number of phenolic OH excluding ortho intramolecular Hbond substituents is 1. The number of ether oxygens (including phenoxy) is 2. The molecule has 0 aliphatic heterocycles. The van der Waals surface area contributed by atoms with E-state index in [1.165, 1.54) is 7.11 Å². The minimum absolute atomic E-state index is 0.122. The lowest BCUT2D eigenvalue weighted by atomic mass is 10.1. The number of methoxy groups -OCH3 is 2. The second-order valence-corrected chi connectivity index (χ2v) is 5.15. The zero-order valence-electron chi connectivity index (χ0n) is 12.1. The highest BCUT2D eigenvalue weighted by Crippen LogP contribution is 2.48. The molecule has 5 heteroatoms. The Kier molecular flexibility index (Phi) is 2.48. The Labute approximate surface area is 126 Å². The quantitative estimate of drug-likeness (QED) is 0.596. The molecule has 1 heterocycles. The van der Waals surface area contributed by atoms with E-state index in [1.807, 2.05) is 0 Å². The Hall–Kier alpha value is -2.95. The molecule has 0 atom stereocenters. The van der Waals surface area contributed by atoms with E-state index in [-0.39, 0.29) is 11.5 Å². The molecule has 0 spiro atoms. The van der Waals surface area contributed by atoms with E-state index in [0.29, 0.717) is 39.3 Å². The molecule has 2 N–H and O–H groups in total. The number of hydrogen-bond acceptors (Lipinski definition) is 4. The van der Waals surface area contributed by atoms with E-state index in [9.17, 15) is 9.90 Å². The Morgan fingerprint density at radius 2 is 1.64 bits per heavy atom. The maximum absolute atomic E-state index is 12.9. The maximum atomic E-state index is 12.9. The smallest absolute Gasteiger partial charge is 0.200 e. The summed E-state index contributed by atoms with van der Waals surface area (Å²) < 4.78 is 10.7. The number of hydrogen-bond donors (Lipinski definition) is 2. The number of rotatable bonds is 2. The maximum Gasteiger partial charge on any atom is 0.200 e. The van der Waals surface area contributed by atoms with Gasteiger partial charge in [-0.3, -0.25) is 4.79 Å². The Morgan fingerprint density at radius 3 is 2.32 bits per heavy atom. The lowest BCUT2D eigenvalue weighted by Gasteiger charge is -2.10. The van der Waals surface area contributed by atoms with Gasteiger partial charge in [-0.1, -0.05) is 0 Å². The molecule has 2 aromatic carbocycles. The third-order valence-electron chi connectivity index (χ3n) is 4.05. The van der Waals surface area contributed by atoms with E-state index in [2.05, 4.69) is 4.98 Å². The molecule has 0 unspecified atom stereocenters. The second kappa shape index (κ2) is 4.27. The van der Waals surface area contributed by atoms with Crippen LogP contribution in [0.1, 0.15) is 15.9 Å². The van der Waals surface area contributed by atoms with Crippen LogP contribution in [-0.2, 0) is 0 Å². The average molecular weight is 295 g/mol. The molecule has 5 nitrogen and oxygen atoms in total. The molecule has 4 rings (SSSR count). The number of aromatic hydroxyl groups is 1. The summed E-state index contributed by atoms with van der Waals surface area (Å²) in [6, 6.07) is 8.43. The van der Waals surface area contributed by atoms with Crippen molar-refractivity contribution in [1.29, 1.82) is 0 Å². The van der Waals surface area contributed by atoms with Crippen molar-refractivity contribution in [3.05, 3.63) is 41.5 Å². The van der Waals surface area contributed by atoms with E-state index >= 15 is 0 Å². The molecular formula is C17H13NO4. The van der Waals surface area contributed by atoms with Crippen LogP contribution in [0.3, 0.4) is 0 Å². The summed E-state index contributed by atoms with van der Waals surface area (Å²) in [5.74, 6) is 1.12. The molecule has 0 bridgehead atoms. The van der Waals surface area contributed by atoms with Gasteiger partial charge in [0.15, 0.2) is 5.78 Å². The molecule has 1 aromatic heterocycles. The van der Waals surface area contributed by atoms with Gasteiger partial charge in [0.2, 0.25) is 0 Å². The Balaban J connectivity index is 2.13. The van der Waals surface area contributed by atoms with Gasteiger partial charge in [0, 0.05) is 10.9 Å². The molecule has 1 aliphatic rings. The second-order valence-electron chi connectivity index (χ2n) is 5.15. The van der Waals surface area contributed by atoms with Gasteiger partial charge >= 0.3 is 0 Å². The first-order valence-electron chi connectivity index (χ1n) is 6.80. The summed E-state index contributed by atoms with van der Waals surface area (Å²) in [5.41, 5.74) is 3.25. The van der Waals surface area contributed by atoms with Crippen LogP contribution in [0.15, 0.2) is 30.3 Å². The number of H-pyrrole nitrogens is 1. The van der Waals surface area contributed by atoms with Gasteiger partial charge in [-0.05, 0) is 30.3 Å². The molecular weight excluding hydrogens is 282 g/mol. The molecule has 0 saturated carbocycles. The molecule has 1 aliphatic carbocycles. The number of ketones is 1. The van der Waals surface area contributed by atoms with Gasteiger partial charge in [0.1, 0.15) is 17.2 Å². The lowest BCUT2D eigenvalue weighted by Crippen LogP contribution is -2.00. The number of fused-ring (bicyclic) bond motifs is 5. The molecule has 0 radical (unpaired) electrons. The van der Waals surface area contributed by atoms with E-state index in [1.54, 1.807) is 37.4 Å². The van der Waals surface area contributed by atoms with Crippen LogP contribution in [-0.4, -0.2) is 30.1 Å². The van der Waals surface area contributed by atoms with E-state index < -0.39 is 0 Å². The third kappa shape index (κ3) is 1.45. The van der Waals surface area contributed by atoms with Crippen molar-refractivity contribution in [2.24, 2.45) is 0 Å². The summed E-state index contributed by atoms with van der Waals surface area (Å²) in [7, 11) is 3.10. The number of carbonyl (C=O) groups is 1. The van der Waals surface area contributed by atoms with Crippen molar-refractivity contribution in [2.75, 3.05) is 14.2 Å². The van der Waals surface area contributed by atoms with Gasteiger partial charge in [0.05, 0.1) is 36.6 Å². The van der Waals surface area contributed by atoms with Gasteiger partial charge in [0.25, 0.3) is 0 Å². The summed E-state index contributed by atoms with van der Waals surface area (Å²) in [6.45, 7) is 0. The molecule has 0 fully saturated rings. The van der Waals surface area contributed by atoms with Crippen molar-refractivity contribution in [3.8, 4) is 28.5 Å². The largest absolute Gasteiger partial charge is 0.508 e. The fourth-order valence-corrected chi connectivity index (χ4v) is 3.11. The summed E-state index contributed by atoms with van der Waals surface area (Å²) in [4.78, 5) is 16.1. The first kappa shape index (κ1) is 12.8. The highest BCUT2D eigenvalue weighted by Gasteiger charge is 2.36. The summed E-state index contributed by atoms with van der Waals surface area (Å²) in [6.07, 6.45) is 0. The van der Waals surface area contributed by atoms with Crippen molar-refractivity contribution in [2.45, 2.75) is 0 Å². The molecule has 0 saturated heterocycles. The molecule has 3 aromatic rings. The summed E-state index contributed by atoms with van der Waals surface area (Å²) >= 11 is 0. The van der Waals surface area contributed by atoms with Crippen LogP contribution in [0.5, 0.6) is 17.2 Å². The van der Waals surface area contributed by atoms with Crippen LogP contribution in [0.25, 0.3) is 22.2 Å². The van der Waals surface area contributed by atoms with Gasteiger partial charge in [-0.15, -0.1) is 0 Å². The van der Waals surface area contributed by atoms with Crippen LogP contribution in [0.4, 0.5) is 0 Å².